The molecule has 1 atom stereocenters. The number of carbonyl (C=O) groups excluding carboxylic acids is 1. The van der Waals surface area contributed by atoms with Gasteiger partial charge in [0.25, 0.3) is 5.91 Å². The summed E-state index contributed by atoms with van der Waals surface area (Å²) in [6, 6.07) is 14.8. The number of aryl methyl sites for hydroxylation is 1. The maximum absolute atomic E-state index is 14.5. The van der Waals surface area contributed by atoms with Crippen molar-refractivity contribution in [3.63, 3.8) is 0 Å². The van der Waals surface area contributed by atoms with E-state index < -0.39 is 5.25 Å². The predicted octanol–water partition coefficient (Wildman–Crippen LogP) is 13.6. The molecule has 1 aliphatic heterocycles. The van der Waals surface area contributed by atoms with Crippen LogP contribution in [0.2, 0.25) is 15.1 Å². The fraction of sp³-hybridized carbons (Fsp3) is 0.535. The first-order valence-electron chi connectivity index (χ1n) is 19.8. The van der Waals surface area contributed by atoms with Crippen LogP contribution in [0, 0.1) is 12.3 Å². The Morgan fingerprint density at radius 1 is 0.800 bits per heavy atom. The number of amides is 1. The van der Waals surface area contributed by atoms with Gasteiger partial charge < -0.3 is 9.47 Å². The molecule has 55 heavy (non-hydrogen) atoms. The Balaban J connectivity index is 1.61. The Morgan fingerprint density at radius 3 is 2.05 bits per heavy atom. The van der Waals surface area contributed by atoms with Crippen molar-refractivity contribution in [3.8, 4) is 11.5 Å². The number of halogens is 3. The van der Waals surface area contributed by atoms with Crippen molar-refractivity contribution < 1.29 is 19.1 Å². The number of thioether (sulfide) groups is 1. The molecule has 1 saturated heterocycles. The standard InChI is InChI=1S/C43H59Cl3N4O4S/c1-7-9-11-13-15-17-23-52-32-27-34(45)39(35(46)28-32)50-42(51)40(55-38-25-30(3)19-22-37(38)53-24-18-16-14-12-10-8-2)41(48-50)47-36-26-31(20-21-33(36)44)49-54-29-43(4,5)6/h19-22,25-28,40,49H,7-18,23-24,29H2,1-6H3,(H,47,48). The highest BCUT2D eigenvalue weighted by Crippen LogP contribution is 2.42. The number of nitrogens with one attached hydrogen (secondary N) is 2. The lowest BCUT2D eigenvalue weighted by Gasteiger charge is -2.20. The molecule has 0 radical (unpaired) electrons. The van der Waals surface area contributed by atoms with Crippen LogP contribution in [0.25, 0.3) is 0 Å². The number of rotatable bonds is 23. The van der Waals surface area contributed by atoms with E-state index in [0.29, 0.717) is 53.5 Å². The van der Waals surface area contributed by atoms with Gasteiger partial charge in [0, 0.05) is 12.1 Å². The summed E-state index contributed by atoms with van der Waals surface area (Å²) in [5.74, 6) is 1.34. The third-order valence-corrected chi connectivity index (χ3v) is 11.0. The molecule has 0 bridgehead atoms. The highest BCUT2D eigenvalue weighted by Gasteiger charge is 2.41. The average molecular weight is 834 g/mol. The molecule has 0 saturated carbocycles. The van der Waals surface area contributed by atoms with Crippen LogP contribution < -0.4 is 25.4 Å². The van der Waals surface area contributed by atoms with Gasteiger partial charge >= 0.3 is 0 Å². The number of anilines is 2. The molecular weight excluding hydrogens is 775 g/mol. The van der Waals surface area contributed by atoms with Gasteiger partial charge in [-0.2, -0.15) is 0 Å². The fourth-order valence-electron chi connectivity index (χ4n) is 5.88. The summed E-state index contributed by atoms with van der Waals surface area (Å²) in [6.45, 7) is 14.4. The van der Waals surface area contributed by atoms with E-state index in [2.05, 4.69) is 45.5 Å². The molecule has 3 aromatic carbocycles. The molecule has 4 rings (SSSR count). The Morgan fingerprint density at radius 2 is 1.42 bits per heavy atom. The largest absolute Gasteiger partial charge is 0.493 e. The molecule has 1 amide bonds. The number of nitrogens with zero attached hydrogens (tertiary/aromatic N) is 2. The van der Waals surface area contributed by atoms with E-state index in [1.54, 1.807) is 24.3 Å². The minimum absolute atomic E-state index is 0.0295. The number of hydrogen-bond acceptors (Lipinski definition) is 7. The summed E-state index contributed by atoms with van der Waals surface area (Å²) in [4.78, 5) is 26.0. The van der Waals surface area contributed by atoms with E-state index in [9.17, 15) is 4.79 Å². The van der Waals surface area contributed by atoms with Crippen molar-refractivity contribution in [2.45, 2.75) is 129 Å². The zero-order valence-corrected chi connectivity index (χ0v) is 36.5. The van der Waals surface area contributed by atoms with Crippen LogP contribution in [-0.4, -0.2) is 36.8 Å². The molecule has 3 aromatic rings. The van der Waals surface area contributed by atoms with Crippen LogP contribution in [0.1, 0.15) is 117 Å². The van der Waals surface area contributed by atoms with Gasteiger partial charge in [-0.05, 0) is 61.1 Å². The molecule has 1 fully saturated rings. The normalized spacial score (nSPS) is 15.1. The summed E-state index contributed by atoms with van der Waals surface area (Å²) in [5.41, 5.74) is 8.68. The summed E-state index contributed by atoms with van der Waals surface area (Å²) in [5, 5.41) is 1.52. The molecule has 0 aromatic heterocycles. The lowest BCUT2D eigenvalue weighted by molar-refractivity contribution is -0.116. The molecule has 1 unspecified atom stereocenters. The van der Waals surface area contributed by atoms with Crippen molar-refractivity contribution in [2.75, 3.05) is 30.3 Å². The molecule has 8 nitrogen and oxygen atoms in total. The van der Waals surface area contributed by atoms with Crippen LogP contribution in [0.15, 0.2) is 58.4 Å². The molecule has 2 N–H and O–H groups in total. The van der Waals surface area contributed by atoms with E-state index in [-0.39, 0.29) is 21.4 Å². The van der Waals surface area contributed by atoms with Crippen LogP contribution in [0.4, 0.5) is 17.1 Å². The first kappa shape index (κ1) is 44.9. The number of aliphatic imine (C=N–C) groups is 1. The van der Waals surface area contributed by atoms with Gasteiger partial charge in [-0.15, -0.1) is 11.8 Å². The number of benzene rings is 3. The van der Waals surface area contributed by atoms with Crippen molar-refractivity contribution in [3.05, 3.63) is 69.2 Å². The maximum atomic E-state index is 14.5. The highest BCUT2D eigenvalue weighted by molar-refractivity contribution is 8.01. The van der Waals surface area contributed by atoms with Crippen molar-refractivity contribution in [2.24, 2.45) is 10.4 Å². The smallest absolute Gasteiger partial charge is 0.267 e. The van der Waals surface area contributed by atoms with E-state index in [1.807, 2.05) is 31.2 Å². The summed E-state index contributed by atoms with van der Waals surface area (Å²) < 4.78 is 12.3. The van der Waals surface area contributed by atoms with Gasteiger partial charge in [-0.1, -0.05) is 140 Å². The minimum Gasteiger partial charge on any atom is -0.493 e. The van der Waals surface area contributed by atoms with Crippen molar-refractivity contribution >= 4 is 75.4 Å². The van der Waals surface area contributed by atoms with Crippen LogP contribution in [0.5, 0.6) is 11.5 Å². The van der Waals surface area contributed by atoms with Crippen LogP contribution >= 0.6 is 46.6 Å². The van der Waals surface area contributed by atoms with Gasteiger partial charge in [0.05, 0.1) is 51.2 Å². The van der Waals surface area contributed by atoms with E-state index >= 15 is 0 Å². The zero-order chi connectivity index (χ0) is 39.8. The number of unbranched alkanes of at least 4 members (excludes halogenated alkanes) is 10. The Kier molecular flexibility index (Phi) is 18.6. The van der Waals surface area contributed by atoms with Gasteiger partial charge in [-0.3, -0.25) is 20.5 Å². The topological polar surface area (TPSA) is 84.4 Å². The Bertz CT molecular complexity index is 1690. The number of carbonyl (C=O) groups is 1. The first-order chi connectivity index (χ1) is 26.4. The molecule has 302 valence electrons. The molecule has 12 heteroatoms. The van der Waals surface area contributed by atoms with E-state index in [0.717, 1.165) is 41.9 Å². The van der Waals surface area contributed by atoms with Crippen molar-refractivity contribution in [1.29, 1.82) is 0 Å². The second kappa shape index (κ2) is 22.8. The van der Waals surface area contributed by atoms with Gasteiger partial charge in [0.15, 0.2) is 0 Å². The van der Waals surface area contributed by atoms with Crippen LogP contribution in [0.3, 0.4) is 0 Å². The molecule has 0 spiro atoms. The zero-order valence-electron chi connectivity index (χ0n) is 33.4. The van der Waals surface area contributed by atoms with E-state index in [1.165, 1.54) is 68.1 Å². The van der Waals surface area contributed by atoms with Gasteiger partial charge in [-0.25, -0.2) is 10.0 Å². The summed E-state index contributed by atoms with van der Waals surface area (Å²) in [6.07, 6.45) is 13.9. The molecular formula is C43H59Cl3N4O4S. The van der Waals surface area contributed by atoms with Crippen LogP contribution in [-0.2, 0) is 9.63 Å². The Hall–Kier alpha value is -2.82. The van der Waals surface area contributed by atoms with Crippen molar-refractivity contribution in [1.82, 2.24) is 5.43 Å². The summed E-state index contributed by atoms with van der Waals surface area (Å²) in [7, 11) is 0. The second-order valence-electron chi connectivity index (χ2n) is 15.3. The quantitative estimate of drug-likeness (QED) is 0.0727. The number of amidine groups is 1. The predicted molar refractivity (Wildman–Crippen MR) is 233 cm³/mol. The fourth-order valence-corrected chi connectivity index (χ4v) is 7.85. The third kappa shape index (κ3) is 14.6. The lowest BCUT2D eigenvalue weighted by atomic mass is 9.99. The molecule has 1 aliphatic rings. The summed E-state index contributed by atoms with van der Waals surface area (Å²) >= 11 is 21.8. The maximum Gasteiger partial charge on any atom is 0.267 e. The van der Waals surface area contributed by atoms with Gasteiger partial charge in [0.1, 0.15) is 28.3 Å². The lowest BCUT2D eigenvalue weighted by Crippen LogP contribution is -2.36. The number of ether oxygens (including phenoxy) is 2. The van der Waals surface area contributed by atoms with E-state index in [4.69, 9.17) is 54.1 Å². The number of hydrazine groups is 1. The average Bonchev–Trinajstić information content (AvgIpc) is 3.42. The monoisotopic (exact) mass is 832 g/mol. The highest BCUT2D eigenvalue weighted by atomic mass is 35.5. The molecule has 0 aliphatic carbocycles. The number of hydrogen-bond donors (Lipinski definition) is 2. The minimum atomic E-state index is -0.807. The SMILES string of the molecule is CCCCCCCCOc1cc(Cl)c(N2NC(=Nc3cc(NOCC(C)(C)C)ccc3Cl)C(Sc3cc(C)ccc3OCCCCCCCC)C2=O)c(Cl)c1. The first-order valence-corrected chi connectivity index (χ1v) is 21.8. The Labute approximate surface area is 348 Å². The third-order valence-electron chi connectivity index (χ3n) is 8.88. The second-order valence-corrected chi connectivity index (χ2v) is 17.7. The van der Waals surface area contributed by atoms with Gasteiger partial charge in [0.2, 0.25) is 0 Å². The molecule has 1 heterocycles.